The summed E-state index contributed by atoms with van der Waals surface area (Å²) in [6, 6.07) is 6.60. The Bertz CT molecular complexity index is 1340. The van der Waals surface area contributed by atoms with E-state index in [1.165, 1.54) is 25.7 Å². The number of carbonyl (C=O) groups excluding carboxylic acids is 2. The maximum atomic E-state index is 13.2. The van der Waals surface area contributed by atoms with Crippen LogP contribution < -0.4 is 20.5 Å². The van der Waals surface area contributed by atoms with Gasteiger partial charge in [0.15, 0.2) is 0 Å². The molecule has 0 radical (unpaired) electrons. The van der Waals surface area contributed by atoms with Gasteiger partial charge in [-0.1, -0.05) is 0 Å². The summed E-state index contributed by atoms with van der Waals surface area (Å²) in [5.41, 5.74) is 5.79. The second kappa shape index (κ2) is 8.15. The molecule has 1 aliphatic rings. The number of methoxy groups -OCH3 is 1. The van der Waals surface area contributed by atoms with Gasteiger partial charge in [0.1, 0.15) is 22.0 Å². The van der Waals surface area contributed by atoms with Crippen molar-refractivity contribution in [1.82, 2.24) is 4.57 Å². The lowest BCUT2D eigenvalue weighted by atomic mass is 9.87. The standard InChI is InChI=1S/C21H18N2O7S/c1-3-28-21(26)15-14(12-7-5-9-30-12)16(20(25)27-2)19-23(17(15)22)18(24)13(31-19)10-11-6-4-8-29-11/h4-10,14H,3,22H2,1-2H3/b13-10+/t14-/m1/s1. The van der Waals surface area contributed by atoms with Crippen molar-refractivity contribution in [3.05, 3.63) is 73.4 Å². The van der Waals surface area contributed by atoms with Crippen molar-refractivity contribution < 1.29 is 27.9 Å². The summed E-state index contributed by atoms with van der Waals surface area (Å²) in [6.07, 6.45) is 4.42. The number of rotatable bonds is 5. The zero-order chi connectivity index (χ0) is 22.1. The van der Waals surface area contributed by atoms with Crippen LogP contribution in [0.4, 0.5) is 0 Å². The Morgan fingerprint density at radius 2 is 1.94 bits per heavy atom. The topological polar surface area (TPSA) is 127 Å². The number of carbonyl (C=O) groups is 2. The smallest absolute Gasteiger partial charge is 0.338 e. The van der Waals surface area contributed by atoms with Gasteiger partial charge in [-0.25, -0.2) is 9.59 Å². The number of hydrogen-bond acceptors (Lipinski definition) is 9. The molecule has 4 rings (SSSR count). The van der Waals surface area contributed by atoms with Gasteiger partial charge in [-0.15, -0.1) is 11.3 Å². The number of thiazole rings is 1. The van der Waals surface area contributed by atoms with E-state index in [0.29, 0.717) is 5.76 Å². The van der Waals surface area contributed by atoms with E-state index >= 15 is 0 Å². The highest BCUT2D eigenvalue weighted by Gasteiger charge is 2.41. The summed E-state index contributed by atoms with van der Waals surface area (Å²) >= 11 is 1.03. The minimum absolute atomic E-state index is 0.0518. The number of ether oxygens (including phenoxy) is 2. The molecule has 9 nitrogen and oxygen atoms in total. The molecular formula is C21H18N2O7S. The van der Waals surface area contributed by atoms with Gasteiger partial charge >= 0.3 is 11.9 Å². The number of furan rings is 2. The Morgan fingerprint density at radius 3 is 2.55 bits per heavy atom. The molecule has 2 N–H and O–H groups in total. The molecule has 0 unspecified atom stereocenters. The predicted molar refractivity (Wildman–Crippen MR) is 111 cm³/mol. The average molecular weight is 442 g/mol. The zero-order valence-electron chi connectivity index (χ0n) is 16.6. The lowest BCUT2D eigenvalue weighted by Crippen LogP contribution is -2.41. The van der Waals surface area contributed by atoms with E-state index in [1.807, 2.05) is 0 Å². The van der Waals surface area contributed by atoms with E-state index in [4.69, 9.17) is 24.0 Å². The van der Waals surface area contributed by atoms with Crippen molar-refractivity contribution in [2.24, 2.45) is 5.73 Å². The molecule has 1 aliphatic heterocycles. The first-order valence-electron chi connectivity index (χ1n) is 9.28. The molecule has 0 fully saturated rings. The van der Waals surface area contributed by atoms with Gasteiger partial charge in [0.25, 0.3) is 5.56 Å². The minimum atomic E-state index is -1.00. The average Bonchev–Trinajstić information content (AvgIpc) is 3.50. The summed E-state index contributed by atoms with van der Waals surface area (Å²) in [7, 11) is 1.21. The number of fused-ring (bicyclic) bond motifs is 1. The first-order chi connectivity index (χ1) is 15.0. The monoisotopic (exact) mass is 442 g/mol. The number of aromatic nitrogens is 1. The number of nitrogens with two attached hydrogens (primary N) is 1. The van der Waals surface area contributed by atoms with Crippen molar-refractivity contribution in [1.29, 1.82) is 0 Å². The molecule has 10 heteroatoms. The molecule has 0 bridgehead atoms. The van der Waals surface area contributed by atoms with Crippen LogP contribution in [0, 0.1) is 0 Å². The van der Waals surface area contributed by atoms with Crippen molar-refractivity contribution in [2.45, 2.75) is 12.8 Å². The summed E-state index contributed by atoms with van der Waals surface area (Å²) in [5.74, 6) is -1.89. The van der Waals surface area contributed by atoms with Gasteiger partial charge < -0.3 is 24.0 Å². The first-order valence-corrected chi connectivity index (χ1v) is 10.1. The van der Waals surface area contributed by atoms with E-state index in [1.54, 1.807) is 31.2 Å². The van der Waals surface area contributed by atoms with Crippen molar-refractivity contribution >= 4 is 40.7 Å². The van der Waals surface area contributed by atoms with Crippen LogP contribution in [-0.4, -0.2) is 30.2 Å². The third-order valence-corrected chi connectivity index (χ3v) is 5.80. The van der Waals surface area contributed by atoms with E-state index < -0.39 is 23.4 Å². The molecule has 0 amide bonds. The minimum Gasteiger partial charge on any atom is -0.468 e. The zero-order valence-corrected chi connectivity index (χ0v) is 17.4. The highest BCUT2D eigenvalue weighted by Crippen LogP contribution is 2.37. The van der Waals surface area contributed by atoms with Gasteiger partial charge in [0, 0.05) is 6.08 Å². The molecule has 31 heavy (non-hydrogen) atoms. The SMILES string of the molecule is CCOC(=O)C1=C(N)n2c(s/c(=C/c3ccco3)c2=O)=C(C(=O)OC)[C@@H]1c1ccco1. The van der Waals surface area contributed by atoms with Gasteiger partial charge in [-0.2, -0.15) is 0 Å². The molecule has 0 aliphatic carbocycles. The Morgan fingerprint density at radius 1 is 1.19 bits per heavy atom. The van der Waals surface area contributed by atoms with Crippen LogP contribution in [0.5, 0.6) is 0 Å². The largest absolute Gasteiger partial charge is 0.468 e. The third kappa shape index (κ3) is 3.40. The van der Waals surface area contributed by atoms with Crippen molar-refractivity contribution in [3.8, 4) is 0 Å². The lowest BCUT2D eigenvalue weighted by Gasteiger charge is -2.25. The molecule has 0 saturated heterocycles. The van der Waals surface area contributed by atoms with Gasteiger partial charge in [-0.3, -0.25) is 9.36 Å². The third-order valence-electron chi connectivity index (χ3n) is 4.69. The summed E-state index contributed by atoms with van der Waals surface area (Å²) in [6.45, 7) is 1.72. The fourth-order valence-corrected chi connectivity index (χ4v) is 4.55. The van der Waals surface area contributed by atoms with Crippen LogP contribution in [0.25, 0.3) is 17.5 Å². The highest BCUT2D eigenvalue weighted by atomic mass is 32.1. The Balaban J connectivity index is 2.12. The van der Waals surface area contributed by atoms with Crippen LogP contribution in [0.15, 0.2) is 56.0 Å². The van der Waals surface area contributed by atoms with Crippen LogP contribution in [0.2, 0.25) is 0 Å². The lowest BCUT2D eigenvalue weighted by molar-refractivity contribution is -0.138. The summed E-state index contributed by atoms with van der Waals surface area (Å²) in [5, 5.41) is 0. The molecule has 0 spiro atoms. The van der Waals surface area contributed by atoms with Crippen LogP contribution in [-0.2, 0) is 19.1 Å². The van der Waals surface area contributed by atoms with Gasteiger partial charge in [0.2, 0.25) is 0 Å². The summed E-state index contributed by atoms with van der Waals surface area (Å²) < 4.78 is 22.6. The molecule has 1 atom stereocenters. The molecule has 160 valence electrons. The maximum absolute atomic E-state index is 13.2. The second-order valence-corrected chi connectivity index (χ2v) is 7.48. The molecular weight excluding hydrogens is 424 g/mol. The number of esters is 2. The van der Waals surface area contributed by atoms with Gasteiger partial charge in [-0.05, 0) is 31.2 Å². The van der Waals surface area contributed by atoms with E-state index in [-0.39, 0.29) is 38.5 Å². The Hall–Kier alpha value is -3.79. The fraction of sp³-hybridized carbons (Fsp3) is 0.190. The van der Waals surface area contributed by atoms with E-state index in [9.17, 15) is 14.4 Å². The summed E-state index contributed by atoms with van der Waals surface area (Å²) in [4.78, 5) is 38.9. The van der Waals surface area contributed by atoms with Crippen LogP contribution >= 0.6 is 11.3 Å². The molecule has 0 saturated carbocycles. The number of hydrogen-bond donors (Lipinski definition) is 1. The van der Waals surface area contributed by atoms with Crippen molar-refractivity contribution in [2.75, 3.05) is 13.7 Å². The maximum Gasteiger partial charge on any atom is 0.338 e. The molecule has 3 aromatic heterocycles. The Kier molecular flexibility index (Phi) is 5.38. The number of nitrogens with zero attached hydrogens (tertiary/aromatic N) is 1. The van der Waals surface area contributed by atoms with Crippen LogP contribution in [0.1, 0.15) is 24.4 Å². The Labute approximate surface area is 179 Å². The molecule has 0 aromatic carbocycles. The first kappa shape index (κ1) is 20.5. The van der Waals surface area contributed by atoms with Gasteiger partial charge in [0.05, 0.1) is 47.8 Å². The fourth-order valence-electron chi connectivity index (χ4n) is 3.41. The normalized spacial score (nSPS) is 16.4. The second-order valence-electron chi connectivity index (χ2n) is 6.44. The van der Waals surface area contributed by atoms with Crippen LogP contribution in [0.3, 0.4) is 0 Å². The highest BCUT2D eigenvalue weighted by molar-refractivity contribution is 7.07. The predicted octanol–water partition coefficient (Wildman–Crippen LogP) is 0.736. The quantitative estimate of drug-likeness (QED) is 0.573. The molecule has 3 aromatic rings. The van der Waals surface area contributed by atoms with E-state index in [2.05, 4.69) is 0 Å². The van der Waals surface area contributed by atoms with Crippen molar-refractivity contribution in [3.63, 3.8) is 0 Å². The molecule has 4 heterocycles. The van der Waals surface area contributed by atoms with E-state index in [0.717, 1.165) is 15.9 Å².